The number of carboxylic acids is 1. The molecule has 1 atom stereocenters. The highest BCUT2D eigenvalue weighted by molar-refractivity contribution is 6.03. The molecular formula is C14H18O5. The molecule has 5 nitrogen and oxygen atoms in total. The normalized spacial score (nSPS) is 11.9. The summed E-state index contributed by atoms with van der Waals surface area (Å²) in [5, 5.41) is 18.5. The number of ether oxygens (including phenoxy) is 1. The Balaban J connectivity index is 2.99. The molecule has 0 bridgehead atoms. The number of rotatable bonds is 6. The minimum Gasteiger partial charge on any atom is -0.478 e. The summed E-state index contributed by atoms with van der Waals surface area (Å²) >= 11 is 0. The van der Waals surface area contributed by atoms with Gasteiger partial charge in [0.25, 0.3) is 0 Å². The van der Waals surface area contributed by atoms with Gasteiger partial charge in [0.1, 0.15) is 6.61 Å². The van der Waals surface area contributed by atoms with Gasteiger partial charge in [0.15, 0.2) is 0 Å². The highest BCUT2D eigenvalue weighted by atomic mass is 16.5. The Morgan fingerprint density at radius 1 is 1.32 bits per heavy atom. The molecule has 0 saturated carbocycles. The van der Waals surface area contributed by atoms with Gasteiger partial charge in [0.2, 0.25) is 0 Å². The molecule has 0 fully saturated rings. The van der Waals surface area contributed by atoms with Crippen LogP contribution in [0.5, 0.6) is 0 Å². The Labute approximate surface area is 111 Å². The van der Waals surface area contributed by atoms with Crippen molar-refractivity contribution in [3.05, 3.63) is 34.9 Å². The lowest BCUT2D eigenvalue weighted by Gasteiger charge is -2.12. The van der Waals surface area contributed by atoms with Gasteiger partial charge in [-0.1, -0.05) is 26.0 Å². The van der Waals surface area contributed by atoms with Crippen LogP contribution in [0.25, 0.3) is 0 Å². The largest absolute Gasteiger partial charge is 0.478 e. The molecule has 0 radical (unpaired) electrons. The van der Waals surface area contributed by atoms with Crippen LogP contribution in [0, 0.1) is 0 Å². The summed E-state index contributed by atoms with van der Waals surface area (Å²) in [6, 6.07) is 4.71. The van der Waals surface area contributed by atoms with Crippen molar-refractivity contribution in [2.45, 2.75) is 32.8 Å². The molecule has 0 spiro atoms. The average molecular weight is 266 g/mol. The molecule has 19 heavy (non-hydrogen) atoms. The van der Waals surface area contributed by atoms with Crippen molar-refractivity contribution in [1.82, 2.24) is 0 Å². The summed E-state index contributed by atoms with van der Waals surface area (Å²) in [4.78, 5) is 23.1. The summed E-state index contributed by atoms with van der Waals surface area (Å²) in [5.74, 6) is -1.87. The zero-order valence-electron chi connectivity index (χ0n) is 11.0. The van der Waals surface area contributed by atoms with Crippen LogP contribution < -0.4 is 0 Å². The van der Waals surface area contributed by atoms with Crippen LogP contribution in [-0.2, 0) is 11.2 Å². The zero-order chi connectivity index (χ0) is 14.4. The number of carboxylic acid groups (broad SMARTS) is 1. The van der Waals surface area contributed by atoms with E-state index in [1.807, 2.05) is 6.92 Å². The molecule has 1 unspecified atom stereocenters. The lowest BCUT2D eigenvalue weighted by molar-refractivity contribution is 0.0246. The van der Waals surface area contributed by atoms with Gasteiger partial charge in [0.05, 0.1) is 17.2 Å². The summed E-state index contributed by atoms with van der Waals surface area (Å²) in [5.41, 5.74) is 0.578. The van der Waals surface area contributed by atoms with Gasteiger partial charge < -0.3 is 14.9 Å². The third-order valence-electron chi connectivity index (χ3n) is 2.84. The average Bonchev–Trinajstić information content (AvgIpc) is 2.42. The van der Waals surface area contributed by atoms with Gasteiger partial charge in [-0.2, -0.15) is 0 Å². The summed E-state index contributed by atoms with van der Waals surface area (Å²) < 4.78 is 4.92. The maximum Gasteiger partial charge on any atom is 0.339 e. The van der Waals surface area contributed by atoms with Gasteiger partial charge in [-0.15, -0.1) is 0 Å². The quantitative estimate of drug-likeness (QED) is 0.768. The number of benzene rings is 1. The van der Waals surface area contributed by atoms with Crippen molar-refractivity contribution < 1.29 is 24.5 Å². The van der Waals surface area contributed by atoms with Crippen LogP contribution in [0.15, 0.2) is 18.2 Å². The van der Waals surface area contributed by atoms with Crippen molar-refractivity contribution in [1.29, 1.82) is 0 Å². The fourth-order valence-electron chi connectivity index (χ4n) is 1.68. The summed E-state index contributed by atoms with van der Waals surface area (Å²) in [7, 11) is 0. The van der Waals surface area contributed by atoms with Crippen molar-refractivity contribution in [3.8, 4) is 0 Å². The number of aromatic carboxylic acids is 1. The molecule has 104 valence electrons. The molecule has 0 amide bonds. The fourth-order valence-corrected chi connectivity index (χ4v) is 1.68. The number of carbonyl (C=O) groups excluding carboxylic acids is 1. The van der Waals surface area contributed by atoms with E-state index in [1.54, 1.807) is 19.1 Å². The Kier molecular flexibility index (Phi) is 5.51. The number of hydrogen-bond donors (Lipinski definition) is 2. The maximum absolute atomic E-state index is 11.9. The second-order valence-corrected chi connectivity index (χ2v) is 4.16. The number of aliphatic hydroxyl groups excluding tert-OH is 1. The molecule has 1 rings (SSSR count). The summed E-state index contributed by atoms with van der Waals surface area (Å²) in [6.45, 7) is 3.45. The number of esters is 1. The maximum atomic E-state index is 11.9. The van der Waals surface area contributed by atoms with E-state index >= 15 is 0 Å². The SMILES string of the molecule is CCc1cccc(C(=O)OCC(O)CC)c1C(=O)O. The molecule has 0 aliphatic carbocycles. The van der Waals surface area contributed by atoms with Crippen molar-refractivity contribution in [3.63, 3.8) is 0 Å². The fraction of sp³-hybridized carbons (Fsp3) is 0.429. The molecule has 1 aromatic carbocycles. The van der Waals surface area contributed by atoms with Crippen molar-refractivity contribution in [2.24, 2.45) is 0 Å². The minimum absolute atomic E-state index is 0.0233. The zero-order valence-corrected chi connectivity index (χ0v) is 11.0. The van der Waals surface area contributed by atoms with E-state index in [4.69, 9.17) is 4.74 Å². The first-order valence-corrected chi connectivity index (χ1v) is 6.21. The van der Waals surface area contributed by atoms with Gasteiger partial charge in [-0.25, -0.2) is 9.59 Å². The van der Waals surface area contributed by atoms with Crippen LogP contribution in [0.2, 0.25) is 0 Å². The lowest BCUT2D eigenvalue weighted by atomic mass is 9.99. The molecule has 2 N–H and O–H groups in total. The molecule has 0 heterocycles. The lowest BCUT2D eigenvalue weighted by Crippen LogP contribution is -2.20. The topological polar surface area (TPSA) is 83.8 Å². The van der Waals surface area contributed by atoms with E-state index in [9.17, 15) is 19.8 Å². The van der Waals surface area contributed by atoms with Crippen LogP contribution >= 0.6 is 0 Å². The van der Waals surface area contributed by atoms with Crippen LogP contribution in [0.3, 0.4) is 0 Å². The number of carbonyl (C=O) groups is 2. The smallest absolute Gasteiger partial charge is 0.339 e. The Morgan fingerprint density at radius 3 is 2.53 bits per heavy atom. The predicted octanol–water partition coefficient (Wildman–Crippen LogP) is 1.87. The van der Waals surface area contributed by atoms with Gasteiger partial charge >= 0.3 is 11.9 Å². The van der Waals surface area contributed by atoms with E-state index in [0.29, 0.717) is 18.4 Å². The number of aliphatic hydroxyl groups is 1. The first kappa shape index (κ1) is 15.2. The second-order valence-electron chi connectivity index (χ2n) is 4.16. The first-order valence-electron chi connectivity index (χ1n) is 6.21. The second kappa shape index (κ2) is 6.89. The highest BCUT2D eigenvalue weighted by Gasteiger charge is 2.21. The third kappa shape index (κ3) is 3.79. The van der Waals surface area contributed by atoms with Crippen molar-refractivity contribution >= 4 is 11.9 Å². The van der Waals surface area contributed by atoms with E-state index in [-0.39, 0.29) is 17.7 Å². The predicted molar refractivity (Wildman–Crippen MR) is 69.4 cm³/mol. The van der Waals surface area contributed by atoms with Crippen LogP contribution in [0.1, 0.15) is 46.5 Å². The third-order valence-corrected chi connectivity index (χ3v) is 2.84. The Hall–Kier alpha value is -1.88. The molecule has 0 aromatic heterocycles. The van der Waals surface area contributed by atoms with E-state index in [2.05, 4.69) is 0 Å². The Bertz CT molecular complexity index is 467. The molecular weight excluding hydrogens is 248 g/mol. The van der Waals surface area contributed by atoms with Gasteiger partial charge in [0, 0.05) is 0 Å². The van der Waals surface area contributed by atoms with E-state index in [0.717, 1.165) is 0 Å². The highest BCUT2D eigenvalue weighted by Crippen LogP contribution is 2.17. The summed E-state index contributed by atoms with van der Waals surface area (Å²) in [6.07, 6.45) is 0.251. The molecule has 1 aromatic rings. The number of hydrogen-bond acceptors (Lipinski definition) is 4. The van der Waals surface area contributed by atoms with Gasteiger partial charge in [-0.3, -0.25) is 0 Å². The van der Waals surface area contributed by atoms with E-state index < -0.39 is 18.0 Å². The monoisotopic (exact) mass is 266 g/mol. The molecule has 5 heteroatoms. The van der Waals surface area contributed by atoms with Gasteiger partial charge in [-0.05, 0) is 24.5 Å². The van der Waals surface area contributed by atoms with Crippen molar-refractivity contribution in [2.75, 3.05) is 6.61 Å². The minimum atomic E-state index is -1.15. The van der Waals surface area contributed by atoms with Crippen LogP contribution in [0.4, 0.5) is 0 Å². The van der Waals surface area contributed by atoms with Crippen LogP contribution in [-0.4, -0.2) is 34.9 Å². The molecule has 0 aliphatic rings. The number of aryl methyl sites for hydroxylation is 1. The first-order chi connectivity index (χ1) is 9.01. The Morgan fingerprint density at radius 2 is 2.00 bits per heavy atom. The van der Waals surface area contributed by atoms with E-state index in [1.165, 1.54) is 6.07 Å². The molecule has 0 aliphatic heterocycles. The standard InChI is InChI=1S/C14H18O5/c1-3-9-6-5-7-11(12(9)13(16)17)14(18)19-8-10(15)4-2/h5-7,10,15H,3-4,8H2,1-2H3,(H,16,17). The molecule has 0 saturated heterocycles.